The summed E-state index contributed by atoms with van der Waals surface area (Å²) < 4.78 is 5.88. The molecule has 0 bridgehead atoms. The van der Waals surface area contributed by atoms with Gasteiger partial charge in [0.25, 0.3) is 0 Å². The molecule has 0 rings (SSSR count). The number of hydrogen-bond donors (Lipinski definition) is 1. The lowest BCUT2D eigenvalue weighted by atomic mass is 10.0. The van der Waals surface area contributed by atoms with Gasteiger partial charge in [-0.25, -0.2) is 0 Å². The van der Waals surface area contributed by atoms with Crippen molar-refractivity contribution in [1.82, 2.24) is 0 Å². The number of carbonyl (C=O) groups excluding carboxylic acids is 1. The topological polar surface area (TPSA) is 63.6 Å². The highest BCUT2D eigenvalue weighted by atomic mass is 16.5. The van der Waals surface area contributed by atoms with Crippen molar-refractivity contribution in [3.8, 4) is 0 Å². The zero-order chi connectivity index (χ0) is 30.8. The molecule has 1 N–H and O–H groups in total. The van der Waals surface area contributed by atoms with E-state index in [0.717, 1.165) is 64.2 Å². The molecule has 4 heteroatoms. The molecule has 4 nitrogen and oxygen atoms in total. The molecule has 42 heavy (non-hydrogen) atoms. The largest absolute Gasteiger partial charge is 0.481 e. The van der Waals surface area contributed by atoms with Crippen LogP contribution in [0.15, 0.2) is 0 Å². The molecule has 0 fully saturated rings. The van der Waals surface area contributed by atoms with E-state index in [-0.39, 0.29) is 18.5 Å². The summed E-state index contributed by atoms with van der Waals surface area (Å²) in [6.45, 7) is 4.50. The number of unbranched alkanes of at least 4 members (excludes halogenated alkanes) is 26. The Morgan fingerprint density at radius 1 is 0.429 bits per heavy atom. The Morgan fingerprint density at radius 2 is 0.714 bits per heavy atom. The van der Waals surface area contributed by atoms with Gasteiger partial charge in [-0.05, 0) is 38.5 Å². The standard InChI is InChI=1S/C38H74O4/c1-3-5-7-8-9-10-11-12-13-14-15-16-17-18-19-20-21-22-23-27-31-35-38(41)42-36(32-28-6-4-2)33-29-25-24-26-30-34-37(39)40/h36H,3-35H2,1-2H3,(H,39,40). The smallest absolute Gasteiger partial charge is 0.306 e. The zero-order valence-corrected chi connectivity index (χ0v) is 28.6. The van der Waals surface area contributed by atoms with Crippen molar-refractivity contribution in [3.63, 3.8) is 0 Å². The molecule has 0 heterocycles. The Morgan fingerprint density at radius 3 is 1.10 bits per heavy atom. The van der Waals surface area contributed by atoms with Crippen molar-refractivity contribution in [2.24, 2.45) is 0 Å². The zero-order valence-electron chi connectivity index (χ0n) is 28.6. The second-order valence-electron chi connectivity index (χ2n) is 13.1. The van der Waals surface area contributed by atoms with Gasteiger partial charge in [0.1, 0.15) is 6.10 Å². The first-order chi connectivity index (χ1) is 20.6. The summed E-state index contributed by atoms with van der Waals surface area (Å²) in [7, 11) is 0. The van der Waals surface area contributed by atoms with E-state index in [1.54, 1.807) is 0 Å². The summed E-state index contributed by atoms with van der Waals surface area (Å²) in [5, 5.41) is 8.74. The van der Waals surface area contributed by atoms with Gasteiger partial charge >= 0.3 is 11.9 Å². The van der Waals surface area contributed by atoms with Crippen molar-refractivity contribution in [2.75, 3.05) is 0 Å². The SMILES string of the molecule is CCCCCCCCCCCCCCCCCCCCCCCC(=O)OC(CCCCC)CCCCCCCC(=O)O. The van der Waals surface area contributed by atoms with Gasteiger partial charge in [0.05, 0.1) is 0 Å². The number of carboxylic acid groups (broad SMARTS) is 1. The van der Waals surface area contributed by atoms with E-state index in [2.05, 4.69) is 13.8 Å². The minimum atomic E-state index is -0.701. The number of aliphatic carboxylic acids is 1. The van der Waals surface area contributed by atoms with Gasteiger partial charge < -0.3 is 9.84 Å². The first-order valence-corrected chi connectivity index (χ1v) is 19.0. The lowest BCUT2D eigenvalue weighted by Crippen LogP contribution is -2.18. The Balaban J connectivity index is 3.55. The van der Waals surface area contributed by atoms with Gasteiger partial charge in [0.15, 0.2) is 0 Å². The molecule has 0 aliphatic rings. The third kappa shape index (κ3) is 33.4. The quantitative estimate of drug-likeness (QED) is 0.0585. The monoisotopic (exact) mass is 595 g/mol. The van der Waals surface area contributed by atoms with Crippen LogP contribution in [0.5, 0.6) is 0 Å². The van der Waals surface area contributed by atoms with Crippen LogP contribution in [0.4, 0.5) is 0 Å². The Kier molecular flexibility index (Phi) is 33.6. The molecule has 0 spiro atoms. The number of esters is 1. The second-order valence-corrected chi connectivity index (χ2v) is 13.1. The van der Waals surface area contributed by atoms with Gasteiger partial charge in [-0.2, -0.15) is 0 Å². The van der Waals surface area contributed by atoms with E-state index in [9.17, 15) is 9.59 Å². The Hall–Kier alpha value is -1.06. The van der Waals surface area contributed by atoms with Crippen LogP contribution in [0, 0.1) is 0 Å². The van der Waals surface area contributed by atoms with Crippen molar-refractivity contribution >= 4 is 11.9 Å². The van der Waals surface area contributed by atoms with E-state index in [4.69, 9.17) is 9.84 Å². The van der Waals surface area contributed by atoms with E-state index < -0.39 is 5.97 Å². The third-order valence-corrected chi connectivity index (χ3v) is 8.83. The molecule has 0 amide bonds. The fourth-order valence-corrected chi connectivity index (χ4v) is 6.01. The molecule has 250 valence electrons. The number of carbonyl (C=O) groups is 2. The number of ether oxygens (including phenoxy) is 1. The lowest BCUT2D eigenvalue weighted by molar-refractivity contribution is -0.150. The van der Waals surface area contributed by atoms with E-state index in [1.807, 2.05) is 0 Å². The first kappa shape index (κ1) is 40.9. The maximum absolute atomic E-state index is 12.4. The molecule has 0 radical (unpaired) electrons. The predicted molar refractivity (Wildman–Crippen MR) is 181 cm³/mol. The molecule has 0 aliphatic carbocycles. The maximum atomic E-state index is 12.4. The summed E-state index contributed by atoms with van der Waals surface area (Å²) in [6.07, 6.45) is 40.2. The predicted octanol–water partition coefficient (Wildman–Crippen LogP) is 12.9. The summed E-state index contributed by atoms with van der Waals surface area (Å²) >= 11 is 0. The average molecular weight is 595 g/mol. The molecule has 0 aromatic rings. The molecular formula is C38H74O4. The maximum Gasteiger partial charge on any atom is 0.306 e. The van der Waals surface area contributed by atoms with Crippen LogP contribution < -0.4 is 0 Å². The summed E-state index contributed by atoms with van der Waals surface area (Å²) in [4.78, 5) is 23.1. The van der Waals surface area contributed by atoms with Crippen molar-refractivity contribution < 1.29 is 19.4 Å². The van der Waals surface area contributed by atoms with Gasteiger partial charge in [-0.3, -0.25) is 9.59 Å². The first-order valence-electron chi connectivity index (χ1n) is 19.0. The van der Waals surface area contributed by atoms with Crippen LogP contribution in [-0.2, 0) is 14.3 Å². The van der Waals surface area contributed by atoms with E-state index in [1.165, 1.54) is 135 Å². The van der Waals surface area contributed by atoms with Crippen molar-refractivity contribution in [2.45, 2.75) is 232 Å². The van der Waals surface area contributed by atoms with Crippen LogP contribution in [0.2, 0.25) is 0 Å². The highest BCUT2D eigenvalue weighted by molar-refractivity contribution is 5.69. The summed E-state index contributed by atoms with van der Waals surface area (Å²) in [5.41, 5.74) is 0. The number of carboxylic acids is 1. The Labute approximate surface area is 262 Å². The normalized spacial score (nSPS) is 12.0. The molecule has 0 aliphatic heterocycles. The van der Waals surface area contributed by atoms with Gasteiger partial charge in [-0.15, -0.1) is 0 Å². The fourth-order valence-electron chi connectivity index (χ4n) is 6.01. The van der Waals surface area contributed by atoms with Crippen molar-refractivity contribution in [3.05, 3.63) is 0 Å². The highest BCUT2D eigenvalue weighted by Gasteiger charge is 2.14. The third-order valence-electron chi connectivity index (χ3n) is 8.83. The van der Waals surface area contributed by atoms with Crippen LogP contribution in [0.25, 0.3) is 0 Å². The minimum absolute atomic E-state index is 0.00392. The van der Waals surface area contributed by atoms with Gasteiger partial charge in [0, 0.05) is 12.8 Å². The summed E-state index contributed by atoms with van der Waals surface area (Å²) in [6, 6.07) is 0. The minimum Gasteiger partial charge on any atom is -0.481 e. The molecule has 0 aromatic heterocycles. The van der Waals surface area contributed by atoms with Crippen LogP contribution in [-0.4, -0.2) is 23.1 Å². The molecule has 0 saturated carbocycles. The molecule has 0 aromatic carbocycles. The highest BCUT2D eigenvalue weighted by Crippen LogP contribution is 2.18. The fraction of sp³-hybridized carbons (Fsp3) is 0.947. The van der Waals surface area contributed by atoms with Crippen molar-refractivity contribution in [1.29, 1.82) is 0 Å². The number of hydrogen-bond acceptors (Lipinski definition) is 3. The van der Waals surface area contributed by atoms with Crippen LogP contribution >= 0.6 is 0 Å². The van der Waals surface area contributed by atoms with Gasteiger partial charge in [0.2, 0.25) is 0 Å². The van der Waals surface area contributed by atoms with Crippen LogP contribution in [0.1, 0.15) is 226 Å². The number of rotatable bonds is 35. The lowest BCUT2D eigenvalue weighted by Gasteiger charge is -2.18. The molecule has 1 unspecified atom stereocenters. The van der Waals surface area contributed by atoms with E-state index >= 15 is 0 Å². The average Bonchev–Trinajstić information content (AvgIpc) is 2.97. The van der Waals surface area contributed by atoms with E-state index in [0.29, 0.717) is 6.42 Å². The molecule has 1 atom stereocenters. The van der Waals surface area contributed by atoms with Gasteiger partial charge in [-0.1, -0.05) is 174 Å². The molecule has 0 saturated heterocycles. The summed E-state index contributed by atoms with van der Waals surface area (Å²) in [5.74, 6) is -0.705. The Bertz CT molecular complexity index is 561. The molecular weight excluding hydrogens is 520 g/mol. The second kappa shape index (κ2) is 34.4. The van der Waals surface area contributed by atoms with Crippen LogP contribution in [0.3, 0.4) is 0 Å².